The number of hydrogen-bond donors (Lipinski definition) is 2. The van der Waals surface area contributed by atoms with Crippen molar-refractivity contribution in [3.8, 4) is 0 Å². The fourth-order valence-electron chi connectivity index (χ4n) is 1.34. The van der Waals surface area contributed by atoms with Crippen LogP contribution in [0.25, 0.3) is 0 Å². The van der Waals surface area contributed by atoms with E-state index in [0.717, 1.165) is 12.8 Å². The molecular formula is C12H23ClN2O4. The fourth-order valence-corrected chi connectivity index (χ4v) is 1.54. The van der Waals surface area contributed by atoms with Gasteiger partial charge in [0.1, 0.15) is 11.6 Å². The summed E-state index contributed by atoms with van der Waals surface area (Å²) < 4.78 is 9.66. The van der Waals surface area contributed by atoms with Gasteiger partial charge in [-0.3, -0.25) is 4.79 Å². The van der Waals surface area contributed by atoms with Crippen molar-refractivity contribution in [2.75, 3.05) is 13.7 Å². The highest BCUT2D eigenvalue weighted by atomic mass is 35.5. The number of amides is 1. The van der Waals surface area contributed by atoms with Gasteiger partial charge in [-0.15, -0.1) is 0 Å². The van der Waals surface area contributed by atoms with Crippen molar-refractivity contribution < 1.29 is 19.1 Å². The number of carbonyl (C=O) groups excluding carboxylic acids is 2. The SMILES string of the molecule is COC(=O)[C@H](CCCCNC(=O)OC(C)(C)C)NCl. The van der Waals surface area contributed by atoms with Crippen LogP contribution in [0.5, 0.6) is 0 Å². The number of halogens is 1. The Morgan fingerprint density at radius 1 is 1.26 bits per heavy atom. The van der Waals surface area contributed by atoms with Gasteiger partial charge in [-0.25, -0.2) is 9.63 Å². The second-order valence-corrected chi connectivity index (χ2v) is 5.33. The van der Waals surface area contributed by atoms with Crippen LogP contribution in [-0.4, -0.2) is 37.4 Å². The second-order valence-electron chi connectivity index (χ2n) is 5.11. The Hall–Kier alpha value is -1.01. The molecule has 0 aromatic rings. The molecule has 0 radical (unpaired) electrons. The van der Waals surface area contributed by atoms with Crippen LogP contribution in [0.15, 0.2) is 0 Å². The van der Waals surface area contributed by atoms with E-state index in [1.807, 2.05) is 0 Å². The molecule has 0 aliphatic carbocycles. The Balaban J connectivity index is 3.70. The van der Waals surface area contributed by atoms with Gasteiger partial charge >= 0.3 is 12.1 Å². The Kier molecular flexibility index (Phi) is 8.51. The minimum atomic E-state index is -0.520. The molecular weight excluding hydrogens is 272 g/mol. The van der Waals surface area contributed by atoms with Crippen LogP contribution < -0.4 is 10.2 Å². The summed E-state index contributed by atoms with van der Waals surface area (Å²) >= 11 is 5.44. The zero-order valence-corrected chi connectivity index (χ0v) is 12.7. The molecule has 1 atom stereocenters. The molecule has 112 valence electrons. The molecule has 1 amide bonds. The first-order valence-corrected chi connectivity index (χ1v) is 6.58. The molecule has 2 N–H and O–H groups in total. The van der Waals surface area contributed by atoms with Crippen LogP contribution >= 0.6 is 11.8 Å². The first-order chi connectivity index (χ1) is 8.80. The lowest BCUT2D eigenvalue weighted by Gasteiger charge is -2.19. The zero-order valence-electron chi connectivity index (χ0n) is 11.9. The highest BCUT2D eigenvalue weighted by Gasteiger charge is 2.17. The number of hydrogen-bond acceptors (Lipinski definition) is 5. The predicted octanol–water partition coefficient (Wildman–Crippen LogP) is 1.97. The third-order valence-corrected chi connectivity index (χ3v) is 2.47. The summed E-state index contributed by atoms with van der Waals surface area (Å²) in [6.45, 7) is 5.91. The first-order valence-electron chi connectivity index (χ1n) is 6.21. The number of carbonyl (C=O) groups is 2. The summed E-state index contributed by atoms with van der Waals surface area (Å²) in [6.07, 6.45) is 1.57. The van der Waals surface area contributed by atoms with Crippen molar-refractivity contribution in [1.29, 1.82) is 0 Å². The molecule has 0 spiro atoms. The third kappa shape index (κ3) is 9.55. The van der Waals surface area contributed by atoms with Crippen molar-refractivity contribution in [1.82, 2.24) is 10.2 Å². The molecule has 0 bridgehead atoms. The van der Waals surface area contributed by atoms with Crippen molar-refractivity contribution in [3.63, 3.8) is 0 Å². The van der Waals surface area contributed by atoms with Crippen molar-refractivity contribution in [3.05, 3.63) is 0 Å². The van der Waals surface area contributed by atoms with Gasteiger partial charge in [0.25, 0.3) is 0 Å². The monoisotopic (exact) mass is 294 g/mol. The Morgan fingerprint density at radius 3 is 2.37 bits per heavy atom. The van der Waals surface area contributed by atoms with E-state index < -0.39 is 23.7 Å². The normalized spacial score (nSPS) is 12.7. The second kappa shape index (κ2) is 8.98. The van der Waals surface area contributed by atoms with Crippen LogP contribution in [0.3, 0.4) is 0 Å². The van der Waals surface area contributed by atoms with E-state index in [4.69, 9.17) is 16.5 Å². The number of esters is 1. The molecule has 19 heavy (non-hydrogen) atoms. The lowest BCUT2D eigenvalue weighted by molar-refractivity contribution is -0.142. The van der Waals surface area contributed by atoms with Crippen LogP contribution in [0.1, 0.15) is 40.0 Å². The molecule has 0 aliphatic heterocycles. The maximum absolute atomic E-state index is 11.3. The van der Waals surface area contributed by atoms with Crippen LogP contribution in [0.2, 0.25) is 0 Å². The summed E-state index contributed by atoms with van der Waals surface area (Å²) in [4.78, 5) is 24.9. The molecule has 0 aromatic heterocycles. The summed E-state index contributed by atoms with van der Waals surface area (Å²) in [5.74, 6) is -0.393. The zero-order chi connectivity index (χ0) is 14.9. The van der Waals surface area contributed by atoms with Crippen molar-refractivity contribution in [2.45, 2.75) is 51.7 Å². The Labute approximate surface area is 119 Å². The van der Waals surface area contributed by atoms with E-state index in [2.05, 4.69) is 14.9 Å². The number of ether oxygens (including phenoxy) is 2. The molecule has 6 nitrogen and oxygen atoms in total. The molecule has 0 unspecified atom stereocenters. The van der Waals surface area contributed by atoms with Gasteiger partial charge in [-0.1, -0.05) is 0 Å². The number of methoxy groups -OCH3 is 1. The number of nitrogens with one attached hydrogen (secondary N) is 2. The van der Waals surface area contributed by atoms with E-state index in [9.17, 15) is 9.59 Å². The highest BCUT2D eigenvalue weighted by Crippen LogP contribution is 2.07. The van der Waals surface area contributed by atoms with Crippen molar-refractivity contribution in [2.24, 2.45) is 0 Å². The molecule has 7 heteroatoms. The summed E-state index contributed by atoms with van der Waals surface area (Å²) in [7, 11) is 1.31. The average Bonchev–Trinajstić information content (AvgIpc) is 2.30. The summed E-state index contributed by atoms with van der Waals surface area (Å²) in [5, 5.41) is 2.64. The molecule has 0 saturated heterocycles. The van der Waals surface area contributed by atoms with Crippen LogP contribution in [0.4, 0.5) is 4.79 Å². The molecule has 0 heterocycles. The Bertz CT molecular complexity index is 292. The van der Waals surface area contributed by atoms with E-state index >= 15 is 0 Å². The van der Waals surface area contributed by atoms with Gasteiger partial charge in [0.05, 0.1) is 7.11 Å². The quantitative estimate of drug-likeness (QED) is 0.426. The molecule has 0 rings (SSSR count). The van der Waals surface area contributed by atoms with Crippen molar-refractivity contribution >= 4 is 23.8 Å². The fraction of sp³-hybridized carbons (Fsp3) is 0.833. The molecule has 0 saturated carbocycles. The van der Waals surface area contributed by atoms with E-state index in [-0.39, 0.29) is 0 Å². The summed E-state index contributed by atoms with van der Waals surface area (Å²) in [6, 6.07) is -0.520. The molecule has 0 aromatic carbocycles. The Morgan fingerprint density at radius 2 is 1.89 bits per heavy atom. The molecule has 0 aliphatic rings. The largest absolute Gasteiger partial charge is 0.468 e. The van der Waals surface area contributed by atoms with Gasteiger partial charge in [-0.2, -0.15) is 0 Å². The first kappa shape index (κ1) is 18.0. The van der Waals surface area contributed by atoms with Gasteiger partial charge in [0, 0.05) is 6.54 Å². The van der Waals surface area contributed by atoms with E-state index in [0.29, 0.717) is 13.0 Å². The number of unbranched alkanes of at least 4 members (excludes halogenated alkanes) is 1. The molecule has 0 fully saturated rings. The minimum absolute atomic E-state index is 0.393. The van der Waals surface area contributed by atoms with Gasteiger partial charge in [-0.05, 0) is 51.8 Å². The van der Waals surface area contributed by atoms with Gasteiger partial charge in [0.15, 0.2) is 0 Å². The van der Waals surface area contributed by atoms with Crippen LogP contribution in [-0.2, 0) is 14.3 Å². The lowest BCUT2D eigenvalue weighted by atomic mass is 10.1. The smallest absolute Gasteiger partial charge is 0.407 e. The standard InChI is InChI=1S/C12H23ClN2O4/c1-12(2,3)19-11(17)14-8-6-5-7-9(15-13)10(16)18-4/h9,15H,5-8H2,1-4H3,(H,14,17)/t9-/m0/s1. The van der Waals surface area contributed by atoms with Gasteiger partial charge in [0.2, 0.25) is 0 Å². The van der Waals surface area contributed by atoms with Crippen LogP contribution in [0, 0.1) is 0 Å². The third-order valence-electron chi connectivity index (χ3n) is 2.21. The van der Waals surface area contributed by atoms with E-state index in [1.54, 1.807) is 20.8 Å². The number of rotatable bonds is 7. The van der Waals surface area contributed by atoms with Gasteiger partial charge < -0.3 is 14.8 Å². The average molecular weight is 295 g/mol. The van der Waals surface area contributed by atoms with E-state index in [1.165, 1.54) is 7.11 Å². The lowest BCUT2D eigenvalue weighted by Crippen LogP contribution is -2.34. The predicted molar refractivity (Wildman–Crippen MR) is 72.9 cm³/mol. The number of alkyl carbamates (subject to hydrolysis) is 1. The summed E-state index contributed by atoms with van der Waals surface area (Å²) in [5.41, 5.74) is -0.497. The topological polar surface area (TPSA) is 76.7 Å². The maximum atomic E-state index is 11.3. The maximum Gasteiger partial charge on any atom is 0.407 e. The minimum Gasteiger partial charge on any atom is -0.468 e. The highest BCUT2D eigenvalue weighted by molar-refractivity contribution is 6.14.